The van der Waals surface area contributed by atoms with Crippen molar-refractivity contribution in [2.45, 2.75) is 34.9 Å². The van der Waals surface area contributed by atoms with Gasteiger partial charge in [0.25, 0.3) is 10.0 Å². The van der Waals surface area contributed by atoms with Crippen molar-refractivity contribution < 1.29 is 13.2 Å². The number of nitrogens with one attached hydrogen (secondary N) is 2. The van der Waals surface area contributed by atoms with Crippen LogP contribution in [0.4, 0.5) is 11.4 Å². The van der Waals surface area contributed by atoms with Crippen LogP contribution in [-0.2, 0) is 14.8 Å². The van der Waals surface area contributed by atoms with Gasteiger partial charge in [-0.25, -0.2) is 13.4 Å². The minimum absolute atomic E-state index is 0.123. The van der Waals surface area contributed by atoms with Gasteiger partial charge in [-0.15, -0.1) is 11.3 Å². The van der Waals surface area contributed by atoms with Gasteiger partial charge in [0, 0.05) is 28.6 Å². The lowest BCUT2D eigenvalue weighted by Crippen LogP contribution is -2.14. The molecular formula is C19H19N3O3S3. The molecule has 0 saturated carbocycles. The van der Waals surface area contributed by atoms with Gasteiger partial charge in [-0.05, 0) is 61.9 Å². The molecule has 0 atom stereocenters. The summed E-state index contributed by atoms with van der Waals surface area (Å²) in [5.74, 6) is -0.213. The van der Waals surface area contributed by atoms with E-state index in [0.29, 0.717) is 11.4 Å². The number of benzene rings is 2. The van der Waals surface area contributed by atoms with Gasteiger partial charge in [-0.3, -0.25) is 9.52 Å². The molecule has 0 saturated heterocycles. The monoisotopic (exact) mass is 433 g/mol. The minimum atomic E-state index is -3.73. The predicted octanol–water partition coefficient (Wildman–Crippen LogP) is 4.67. The number of hydrogen-bond donors (Lipinski definition) is 2. The third-order valence-electron chi connectivity index (χ3n) is 3.73. The highest BCUT2D eigenvalue weighted by molar-refractivity contribution is 8.01. The van der Waals surface area contributed by atoms with Crippen LogP contribution in [0.3, 0.4) is 0 Å². The van der Waals surface area contributed by atoms with Crippen LogP contribution >= 0.6 is 23.1 Å². The Bertz CT molecular complexity index is 1110. The number of amides is 1. The molecule has 2 N–H and O–H groups in total. The fourth-order valence-corrected chi connectivity index (χ4v) is 5.46. The molecule has 0 aliphatic rings. The molecule has 0 radical (unpaired) electrons. The van der Waals surface area contributed by atoms with Crippen molar-refractivity contribution in [3.63, 3.8) is 0 Å². The zero-order valence-corrected chi connectivity index (χ0v) is 18.0. The average molecular weight is 434 g/mol. The third-order valence-corrected chi connectivity index (χ3v) is 7.16. The molecule has 0 fully saturated rings. The van der Waals surface area contributed by atoms with E-state index in [1.54, 1.807) is 41.3 Å². The molecule has 1 heterocycles. The van der Waals surface area contributed by atoms with E-state index in [2.05, 4.69) is 15.0 Å². The molecule has 3 rings (SSSR count). The number of carbonyl (C=O) groups excluding carboxylic acids is 1. The highest BCUT2D eigenvalue weighted by Gasteiger charge is 2.16. The van der Waals surface area contributed by atoms with Crippen LogP contribution in [0.1, 0.15) is 18.2 Å². The molecule has 3 aromatic rings. The van der Waals surface area contributed by atoms with E-state index in [1.165, 1.54) is 19.1 Å². The minimum Gasteiger partial charge on any atom is -0.326 e. The van der Waals surface area contributed by atoms with Crippen molar-refractivity contribution in [2.24, 2.45) is 0 Å². The number of hydrogen-bond acceptors (Lipinski definition) is 6. The number of carbonyl (C=O) groups is 1. The molecule has 0 aliphatic carbocycles. The molecule has 0 spiro atoms. The Morgan fingerprint density at radius 3 is 2.39 bits per heavy atom. The second-order valence-electron chi connectivity index (χ2n) is 6.14. The summed E-state index contributed by atoms with van der Waals surface area (Å²) in [5.41, 5.74) is 2.86. The lowest BCUT2D eigenvalue weighted by Gasteiger charge is -2.12. The van der Waals surface area contributed by atoms with E-state index in [0.717, 1.165) is 20.5 Å². The van der Waals surface area contributed by atoms with E-state index in [-0.39, 0.29) is 10.8 Å². The van der Waals surface area contributed by atoms with Gasteiger partial charge in [0.05, 0.1) is 10.6 Å². The molecule has 6 nitrogen and oxygen atoms in total. The Hall–Kier alpha value is -2.36. The molecule has 0 unspecified atom stereocenters. The number of aromatic nitrogens is 1. The first-order valence-electron chi connectivity index (χ1n) is 8.34. The van der Waals surface area contributed by atoms with Crippen molar-refractivity contribution >= 4 is 50.4 Å². The fraction of sp³-hybridized carbons (Fsp3) is 0.158. The molecule has 0 aliphatic heterocycles. The first-order valence-corrected chi connectivity index (χ1v) is 11.5. The second kappa shape index (κ2) is 8.34. The standard InChI is InChI=1S/C19H19N3O3S3/c1-12-10-16(27-19-20-13(2)11-26-19)6-9-18(12)22-28(24,25)17-7-4-15(5-8-17)21-14(3)23/h4-11,22H,1-3H3,(H,21,23). The maximum absolute atomic E-state index is 12.7. The van der Waals surface area contributed by atoms with Crippen LogP contribution in [0.2, 0.25) is 0 Å². The smallest absolute Gasteiger partial charge is 0.261 e. The van der Waals surface area contributed by atoms with Crippen LogP contribution < -0.4 is 10.0 Å². The summed E-state index contributed by atoms with van der Waals surface area (Å²) in [5, 5.41) is 4.60. The van der Waals surface area contributed by atoms with Gasteiger partial charge < -0.3 is 5.32 Å². The van der Waals surface area contributed by atoms with Gasteiger partial charge in [0.1, 0.15) is 0 Å². The van der Waals surface area contributed by atoms with Crippen molar-refractivity contribution in [2.75, 3.05) is 10.0 Å². The maximum atomic E-state index is 12.7. The van der Waals surface area contributed by atoms with E-state index in [9.17, 15) is 13.2 Å². The first-order chi connectivity index (χ1) is 13.2. The maximum Gasteiger partial charge on any atom is 0.261 e. The summed E-state index contributed by atoms with van der Waals surface area (Å²) in [4.78, 5) is 16.6. The Labute approximate surface area is 172 Å². The van der Waals surface area contributed by atoms with Crippen LogP contribution in [-0.4, -0.2) is 19.3 Å². The fourth-order valence-electron chi connectivity index (χ4n) is 2.42. The molecular weight excluding hydrogens is 414 g/mol. The lowest BCUT2D eigenvalue weighted by atomic mass is 10.2. The Morgan fingerprint density at radius 2 is 1.82 bits per heavy atom. The summed E-state index contributed by atoms with van der Waals surface area (Å²) in [7, 11) is -3.73. The molecule has 9 heteroatoms. The quantitative estimate of drug-likeness (QED) is 0.590. The molecule has 146 valence electrons. The third kappa shape index (κ3) is 5.12. The van der Waals surface area contributed by atoms with Crippen LogP contribution in [0.5, 0.6) is 0 Å². The number of nitrogens with zero attached hydrogens (tertiary/aromatic N) is 1. The first kappa shape index (κ1) is 20.4. The van der Waals surface area contributed by atoms with E-state index in [1.807, 2.05) is 31.4 Å². The van der Waals surface area contributed by atoms with Gasteiger partial charge in [0.2, 0.25) is 5.91 Å². The molecule has 0 bridgehead atoms. The van der Waals surface area contributed by atoms with Gasteiger partial charge in [0.15, 0.2) is 4.34 Å². The normalized spacial score (nSPS) is 11.2. The van der Waals surface area contributed by atoms with E-state index in [4.69, 9.17) is 0 Å². The van der Waals surface area contributed by atoms with E-state index >= 15 is 0 Å². The van der Waals surface area contributed by atoms with Gasteiger partial charge >= 0.3 is 0 Å². The zero-order valence-electron chi connectivity index (χ0n) is 15.5. The summed E-state index contributed by atoms with van der Waals surface area (Å²) in [6.45, 7) is 5.20. The summed E-state index contributed by atoms with van der Waals surface area (Å²) in [6.07, 6.45) is 0. The molecule has 1 aromatic heterocycles. The van der Waals surface area contributed by atoms with Gasteiger partial charge in [-0.1, -0.05) is 11.8 Å². The largest absolute Gasteiger partial charge is 0.326 e. The zero-order chi connectivity index (χ0) is 20.3. The molecule has 2 aromatic carbocycles. The lowest BCUT2D eigenvalue weighted by molar-refractivity contribution is -0.114. The highest BCUT2D eigenvalue weighted by atomic mass is 32.2. The average Bonchev–Trinajstić information content (AvgIpc) is 3.02. The van der Waals surface area contributed by atoms with E-state index < -0.39 is 10.0 Å². The summed E-state index contributed by atoms with van der Waals surface area (Å²) in [6, 6.07) is 11.6. The number of thiazole rings is 1. The van der Waals surface area contributed by atoms with Crippen LogP contribution in [0.25, 0.3) is 0 Å². The second-order valence-corrected chi connectivity index (χ2v) is 10.0. The predicted molar refractivity (Wildman–Crippen MR) is 114 cm³/mol. The van der Waals surface area contributed by atoms with Crippen LogP contribution in [0.15, 0.2) is 62.0 Å². The summed E-state index contributed by atoms with van der Waals surface area (Å²) >= 11 is 3.13. The number of anilines is 2. The number of aryl methyl sites for hydroxylation is 2. The number of sulfonamides is 1. The molecule has 1 amide bonds. The van der Waals surface area contributed by atoms with Crippen molar-refractivity contribution in [3.05, 3.63) is 59.1 Å². The van der Waals surface area contributed by atoms with Crippen molar-refractivity contribution in [3.8, 4) is 0 Å². The Kier molecular flexibility index (Phi) is 6.07. The topological polar surface area (TPSA) is 88.2 Å². The van der Waals surface area contributed by atoms with Crippen LogP contribution in [0, 0.1) is 13.8 Å². The molecule has 28 heavy (non-hydrogen) atoms. The van der Waals surface area contributed by atoms with Crippen molar-refractivity contribution in [1.29, 1.82) is 0 Å². The summed E-state index contributed by atoms with van der Waals surface area (Å²) < 4.78 is 28.9. The SMILES string of the molecule is CC(=O)Nc1ccc(S(=O)(=O)Nc2ccc(Sc3nc(C)cs3)cc2C)cc1. The number of rotatable bonds is 6. The Morgan fingerprint density at radius 1 is 1.11 bits per heavy atom. The highest BCUT2D eigenvalue weighted by Crippen LogP contribution is 2.32. The van der Waals surface area contributed by atoms with Gasteiger partial charge in [-0.2, -0.15) is 0 Å². The van der Waals surface area contributed by atoms with Crippen molar-refractivity contribution in [1.82, 2.24) is 4.98 Å². The Balaban J connectivity index is 1.75.